The molecule has 0 amide bonds. The standard InChI is InChI=1S/C45H84O8/c1-4-7-38-51-41(46)34-30-26-22-18-14-10-12-16-20-24-28-32-36-45(43(48)49,44(50)53-40-9-6-3)37-33-29-25-21-17-13-11-15-19-23-27-31-35-42(47)52-39-8-5-2/h4-40H2,1-3H3,(H,48,49). The van der Waals surface area contributed by atoms with Crippen LogP contribution in [0, 0.1) is 5.41 Å². The lowest BCUT2D eigenvalue weighted by Gasteiger charge is -2.27. The minimum Gasteiger partial charge on any atom is -0.480 e. The Morgan fingerprint density at radius 1 is 0.377 bits per heavy atom. The van der Waals surface area contributed by atoms with Crippen LogP contribution in [-0.2, 0) is 33.4 Å². The number of carboxylic acid groups (broad SMARTS) is 1. The van der Waals surface area contributed by atoms with E-state index in [9.17, 15) is 24.3 Å². The molecule has 0 aliphatic carbocycles. The Kier molecular flexibility index (Phi) is 36.6. The van der Waals surface area contributed by atoms with Crippen molar-refractivity contribution in [3.8, 4) is 0 Å². The molecule has 0 aromatic rings. The molecule has 0 heterocycles. The highest BCUT2D eigenvalue weighted by atomic mass is 16.5. The second-order valence-electron chi connectivity index (χ2n) is 15.5. The van der Waals surface area contributed by atoms with Gasteiger partial charge in [-0.15, -0.1) is 0 Å². The average Bonchev–Trinajstić information content (AvgIpc) is 3.14. The van der Waals surface area contributed by atoms with Crippen LogP contribution in [0.4, 0.5) is 0 Å². The van der Waals surface area contributed by atoms with E-state index in [4.69, 9.17) is 14.2 Å². The lowest BCUT2D eigenvalue weighted by atomic mass is 9.77. The summed E-state index contributed by atoms with van der Waals surface area (Å²) < 4.78 is 16.0. The summed E-state index contributed by atoms with van der Waals surface area (Å²) in [5.74, 6) is -1.65. The number of carbonyl (C=O) groups excluding carboxylic acids is 3. The lowest BCUT2D eigenvalue weighted by molar-refractivity contribution is -0.170. The van der Waals surface area contributed by atoms with E-state index in [0.29, 0.717) is 45.5 Å². The van der Waals surface area contributed by atoms with Crippen molar-refractivity contribution in [1.29, 1.82) is 0 Å². The summed E-state index contributed by atoms with van der Waals surface area (Å²) in [6, 6.07) is 0. The molecular formula is C45H84O8. The van der Waals surface area contributed by atoms with Gasteiger partial charge in [-0.25, -0.2) is 0 Å². The molecule has 0 unspecified atom stereocenters. The van der Waals surface area contributed by atoms with Crippen molar-refractivity contribution < 1.29 is 38.5 Å². The Morgan fingerprint density at radius 3 is 0.925 bits per heavy atom. The van der Waals surface area contributed by atoms with Gasteiger partial charge in [-0.1, -0.05) is 181 Å². The molecule has 53 heavy (non-hydrogen) atoms. The highest BCUT2D eigenvalue weighted by Gasteiger charge is 2.46. The second kappa shape index (κ2) is 38.2. The van der Waals surface area contributed by atoms with Crippen LogP contribution in [0.2, 0.25) is 0 Å². The first kappa shape index (κ1) is 50.9. The first-order valence-electron chi connectivity index (χ1n) is 22.6. The van der Waals surface area contributed by atoms with E-state index in [1.807, 2.05) is 6.92 Å². The molecule has 0 aromatic heterocycles. The first-order chi connectivity index (χ1) is 25.8. The smallest absolute Gasteiger partial charge is 0.323 e. The average molecular weight is 753 g/mol. The first-order valence-corrected chi connectivity index (χ1v) is 22.6. The van der Waals surface area contributed by atoms with Crippen LogP contribution in [0.1, 0.15) is 239 Å². The third kappa shape index (κ3) is 30.9. The number of aliphatic carboxylic acids is 1. The van der Waals surface area contributed by atoms with E-state index in [-0.39, 0.29) is 11.9 Å². The fraction of sp³-hybridized carbons (Fsp3) is 0.911. The molecule has 0 saturated carbocycles. The Morgan fingerprint density at radius 2 is 0.642 bits per heavy atom. The quantitative estimate of drug-likeness (QED) is 0.0284. The van der Waals surface area contributed by atoms with E-state index in [1.54, 1.807) is 0 Å². The molecule has 312 valence electrons. The van der Waals surface area contributed by atoms with Crippen molar-refractivity contribution >= 4 is 23.9 Å². The van der Waals surface area contributed by atoms with Gasteiger partial charge >= 0.3 is 23.9 Å². The Balaban J connectivity index is 4.13. The van der Waals surface area contributed by atoms with Crippen molar-refractivity contribution in [2.45, 2.75) is 239 Å². The van der Waals surface area contributed by atoms with Gasteiger partial charge in [0.15, 0.2) is 5.41 Å². The molecule has 0 radical (unpaired) electrons. The highest BCUT2D eigenvalue weighted by Crippen LogP contribution is 2.34. The summed E-state index contributed by atoms with van der Waals surface area (Å²) in [4.78, 5) is 49.1. The van der Waals surface area contributed by atoms with Crippen LogP contribution in [0.3, 0.4) is 0 Å². The Hall–Kier alpha value is -2.12. The molecule has 0 aliphatic rings. The predicted octanol–water partition coefficient (Wildman–Crippen LogP) is 13.0. The van der Waals surface area contributed by atoms with Crippen LogP contribution in [0.25, 0.3) is 0 Å². The monoisotopic (exact) mass is 753 g/mol. The van der Waals surface area contributed by atoms with Crippen LogP contribution >= 0.6 is 0 Å². The maximum Gasteiger partial charge on any atom is 0.323 e. The molecule has 1 N–H and O–H groups in total. The molecule has 0 spiro atoms. The highest BCUT2D eigenvalue weighted by molar-refractivity contribution is 5.99. The van der Waals surface area contributed by atoms with Gasteiger partial charge in [0.2, 0.25) is 0 Å². The van der Waals surface area contributed by atoms with E-state index in [2.05, 4.69) is 13.8 Å². The third-order valence-electron chi connectivity index (χ3n) is 10.5. The van der Waals surface area contributed by atoms with Gasteiger partial charge in [-0.05, 0) is 44.9 Å². The van der Waals surface area contributed by atoms with Crippen molar-refractivity contribution in [2.24, 2.45) is 5.41 Å². The van der Waals surface area contributed by atoms with Gasteiger partial charge in [-0.2, -0.15) is 0 Å². The van der Waals surface area contributed by atoms with Gasteiger partial charge in [0, 0.05) is 12.8 Å². The van der Waals surface area contributed by atoms with Crippen molar-refractivity contribution in [2.75, 3.05) is 19.8 Å². The second-order valence-corrected chi connectivity index (χ2v) is 15.5. The molecule has 0 fully saturated rings. The maximum absolute atomic E-state index is 13.2. The number of rotatable bonds is 41. The van der Waals surface area contributed by atoms with Gasteiger partial charge in [-0.3, -0.25) is 19.2 Å². The van der Waals surface area contributed by atoms with Gasteiger partial charge < -0.3 is 19.3 Å². The zero-order chi connectivity index (χ0) is 39.1. The molecule has 0 atom stereocenters. The number of ether oxygens (including phenoxy) is 3. The van der Waals surface area contributed by atoms with Crippen LogP contribution in [0.5, 0.6) is 0 Å². The number of unbranched alkanes of at least 4 members (excludes halogenated alkanes) is 25. The lowest BCUT2D eigenvalue weighted by Crippen LogP contribution is -2.41. The fourth-order valence-corrected chi connectivity index (χ4v) is 6.81. The van der Waals surface area contributed by atoms with E-state index < -0.39 is 17.4 Å². The van der Waals surface area contributed by atoms with Crippen molar-refractivity contribution in [3.05, 3.63) is 0 Å². The molecule has 8 nitrogen and oxygen atoms in total. The maximum atomic E-state index is 13.2. The Bertz CT molecular complexity index is 823. The Labute approximate surface area is 326 Å². The van der Waals surface area contributed by atoms with E-state index >= 15 is 0 Å². The van der Waals surface area contributed by atoms with Gasteiger partial charge in [0.1, 0.15) is 0 Å². The van der Waals surface area contributed by atoms with E-state index in [1.165, 1.54) is 77.0 Å². The number of hydrogen-bond donors (Lipinski definition) is 1. The fourth-order valence-electron chi connectivity index (χ4n) is 6.81. The van der Waals surface area contributed by atoms with Gasteiger partial charge in [0.05, 0.1) is 19.8 Å². The van der Waals surface area contributed by atoms with Crippen LogP contribution in [-0.4, -0.2) is 48.8 Å². The molecule has 8 heteroatoms. The molecule has 0 rings (SSSR count). The molecule has 0 saturated heterocycles. The van der Waals surface area contributed by atoms with Crippen LogP contribution < -0.4 is 0 Å². The largest absolute Gasteiger partial charge is 0.480 e. The molecule has 0 aliphatic heterocycles. The molecule has 0 aromatic carbocycles. The number of hydrogen-bond acceptors (Lipinski definition) is 7. The third-order valence-corrected chi connectivity index (χ3v) is 10.5. The molecule has 0 bridgehead atoms. The predicted molar refractivity (Wildman–Crippen MR) is 217 cm³/mol. The minimum atomic E-state index is -1.42. The molecular weight excluding hydrogens is 668 g/mol. The minimum absolute atomic E-state index is 0.0539. The van der Waals surface area contributed by atoms with Gasteiger partial charge in [0.25, 0.3) is 0 Å². The zero-order valence-corrected chi connectivity index (χ0v) is 35.0. The summed E-state index contributed by atoms with van der Waals surface area (Å²) in [6.45, 7) is 7.63. The summed E-state index contributed by atoms with van der Waals surface area (Å²) >= 11 is 0. The zero-order valence-electron chi connectivity index (χ0n) is 35.0. The van der Waals surface area contributed by atoms with Crippen molar-refractivity contribution in [1.82, 2.24) is 0 Å². The number of esters is 3. The number of carboxylic acids is 1. The summed E-state index contributed by atoms with van der Waals surface area (Å²) in [5, 5.41) is 10.3. The van der Waals surface area contributed by atoms with Crippen molar-refractivity contribution in [3.63, 3.8) is 0 Å². The van der Waals surface area contributed by atoms with Crippen LogP contribution in [0.15, 0.2) is 0 Å². The number of carbonyl (C=O) groups is 4. The summed E-state index contributed by atoms with van der Waals surface area (Å²) in [5.41, 5.74) is -1.42. The summed E-state index contributed by atoms with van der Waals surface area (Å²) in [6.07, 6.45) is 34.0. The summed E-state index contributed by atoms with van der Waals surface area (Å²) in [7, 11) is 0. The SMILES string of the molecule is CCCCOC(=O)CCCCCCCCCCCCCCC(CCCCCCCCCCCCCCC(=O)OCCCC)(C(=O)O)C(=O)OCCCC. The topological polar surface area (TPSA) is 116 Å². The normalized spacial score (nSPS) is 11.5. The van der Waals surface area contributed by atoms with E-state index in [0.717, 1.165) is 116 Å².